The van der Waals surface area contributed by atoms with Crippen molar-refractivity contribution < 1.29 is 9.13 Å². The van der Waals surface area contributed by atoms with Gasteiger partial charge in [-0.3, -0.25) is 4.79 Å². The van der Waals surface area contributed by atoms with Gasteiger partial charge in [-0.05, 0) is 23.3 Å². The molecule has 4 aromatic heterocycles. The first-order valence-corrected chi connectivity index (χ1v) is 8.55. The minimum absolute atomic E-state index is 0.176. The summed E-state index contributed by atoms with van der Waals surface area (Å²) in [5.74, 6) is 0.571. The number of anilines is 1. The number of methoxy groups -OCH3 is 1. The van der Waals surface area contributed by atoms with Gasteiger partial charge in [0.05, 0.1) is 25.0 Å². The molecule has 0 aromatic carbocycles. The van der Waals surface area contributed by atoms with Gasteiger partial charge in [-0.15, -0.1) is 0 Å². The molecule has 28 heavy (non-hydrogen) atoms. The number of rotatable bonds is 6. The van der Waals surface area contributed by atoms with Gasteiger partial charge >= 0.3 is 0 Å². The highest BCUT2D eigenvalue weighted by Gasteiger charge is 2.10. The number of H-pyrrole nitrogens is 2. The lowest BCUT2D eigenvalue weighted by Gasteiger charge is -2.09. The maximum Gasteiger partial charge on any atom is 0.260 e. The van der Waals surface area contributed by atoms with Crippen molar-refractivity contribution in [1.29, 1.82) is 0 Å². The normalized spacial score (nSPS) is 10.9. The van der Waals surface area contributed by atoms with E-state index < -0.39 is 5.82 Å². The monoisotopic (exact) mass is 380 g/mol. The van der Waals surface area contributed by atoms with Crippen LogP contribution < -0.4 is 15.6 Å². The summed E-state index contributed by atoms with van der Waals surface area (Å²) in [4.78, 5) is 30.0. The zero-order valence-corrected chi connectivity index (χ0v) is 15.0. The molecule has 0 aliphatic carbocycles. The van der Waals surface area contributed by atoms with E-state index in [0.29, 0.717) is 41.3 Å². The smallest absolute Gasteiger partial charge is 0.260 e. The number of hydrogen-bond donors (Lipinski definition) is 3. The van der Waals surface area contributed by atoms with Crippen LogP contribution in [-0.4, -0.2) is 32.0 Å². The Morgan fingerprint density at radius 1 is 1.14 bits per heavy atom. The topological polar surface area (TPSA) is 109 Å². The molecule has 0 amide bonds. The summed E-state index contributed by atoms with van der Waals surface area (Å²) >= 11 is 0. The molecule has 142 valence electrons. The lowest BCUT2D eigenvalue weighted by Crippen LogP contribution is -2.07. The zero-order valence-electron chi connectivity index (χ0n) is 15.0. The molecule has 4 heterocycles. The predicted octanol–water partition coefficient (Wildman–Crippen LogP) is 2.39. The van der Waals surface area contributed by atoms with Crippen LogP contribution in [0, 0.1) is 5.82 Å². The van der Waals surface area contributed by atoms with E-state index >= 15 is 0 Å². The van der Waals surface area contributed by atoms with Crippen LogP contribution in [0.3, 0.4) is 0 Å². The van der Waals surface area contributed by atoms with Crippen LogP contribution in [0.5, 0.6) is 5.88 Å². The van der Waals surface area contributed by atoms with Crippen LogP contribution in [0.15, 0.2) is 47.9 Å². The molecule has 0 atom stereocenters. The SMILES string of the molecule is COc1ncc(F)cc1CNc1ccc(Cc2c[nH]c3nc[nH]c(=O)c23)cn1. The highest BCUT2D eigenvalue weighted by atomic mass is 19.1. The quantitative estimate of drug-likeness (QED) is 0.474. The first kappa shape index (κ1) is 17.7. The van der Waals surface area contributed by atoms with Crippen LogP contribution >= 0.6 is 0 Å². The third kappa shape index (κ3) is 3.54. The summed E-state index contributed by atoms with van der Waals surface area (Å²) in [5.41, 5.74) is 2.77. The van der Waals surface area contributed by atoms with Crippen LogP contribution in [0.2, 0.25) is 0 Å². The van der Waals surface area contributed by atoms with E-state index in [1.54, 1.807) is 12.4 Å². The highest BCUT2D eigenvalue weighted by Crippen LogP contribution is 2.19. The van der Waals surface area contributed by atoms with E-state index in [9.17, 15) is 9.18 Å². The number of nitrogens with zero attached hydrogens (tertiary/aromatic N) is 3. The van der Waals surface area contributed by atoms with Crippen LogP contribution in [0.4, 0.5) is 10.2 Å². The van der Waals surface area contributed by atoms with Gasteiger partial charge in [-0.1, -0.05) is 6.07 Å². The molecule has 0 saturated heterocycles. The van der Waals surface area contributed by atoms with Gasteiger partial charge in [0, 0.05) is 30.9 Å². The largest absolute Gasteiger partial charge is 0.481 e. The number of aromatic amines is 2. The summed E-state index contributed by atoms with van der Waals surface area (Å²) < 4.78 is 18.5. The Bertz CT molecular complexity index is 1170. The fraction of sp³-hybridized carbons (Fsp3) is 0.158. The van der Waals surface area contributed by atoms with E-state index in [0.717, 1.165) is 17.3 Å². The Morgan fingerprint density at radius 2 is 2.04 bits per heavy atom. The molecular weight excluding hydrogens is 363 g/mol. The molecule has 4 aromatic rings. The summed E-state index contributed by atoms with van der Waals surface area (Å²) in [6.45, 7) is 0.323. The van der Waals surface area contributed by atoms with E-state index in [-0.39, 0.29) is 5.56 Å². The average molecular weight is 380 g/mol. The van der Waals surface area contributed by atoms with Crippen LogP contribution in [0.25, 0.3) is 11.0 Å². The van der Waals surface area contributed by atoms with Crippen molar-refractivity contribution in [3.63, 3.8) is 0 Å². The number of aromatic nitrogens is 5. The number of ether oxygens (including phenoxy) is 1. The molecule has 0 aliphatic rings. The summed E-state index contributed by atoms with van der Waals surface area (Å²) in [6.07, 6.45) is 6.54. The van der Waals surface area contributed by atoms with Crippen molar-refractivity contribution in [3.05, 3.63) is 76.0 Å². The van der Waals surface area contributed by atoms with E-state index in [2.05, 4.69) is 30.2 Å². The first-order valence-electron chi connectivity index (χ1n) is 8.55. The van der Waals surface area contributed by atoms with E-state index in [1.807, 2.05) is 12.1 Å². The maximum absolute atomic E-state index is 13.4. The lowest BCUT2D eigenvalue weighted by atomic mass is 10.1. The number of pyridine rings is 2. The maximum atomic E-state index is 13.4. The summed E-state index contributed by atoms with van der Waals surface area (Å²) in [7, 11) is 1.49. The molecule has 0 radical (unpaired) electrons. The van der Waals surface area contributed by atoms with Gasteiger partial charge in [0.1, 0.15) is 17.3 Å². The molecule has 0 saturated carbocycles. The molecule has 9 heteroatoms. The van der Waals surface area contributed by atoms with Gasteiger partial charge in [0.15, 0.2) is 0 Å². The fourth-order valence-corrected chi connectivity index (χ4v) is 2.99. The Hall–Kier alpha value is -3.75. The zero-order chi connectivity index (χ0) is 19.5. The Balaban J connectivity index is 1.47. The molecule has 3 N–H and O–H groups in total. The first-order chi connectivity index (χ1) is 13.6. The minimum Gasteiger partial charge on any atom is -0.481 e. The van der Waals surface area contributed by atoms with Gasteiger partial charge in [-0.2, -0.15) is 0 Å². The molecular formula is C19H17FN6O2. The molecule has 0 bridgehead atoms. The average Bonchev–Trinajstić information content (AvgIpc) is 3.12. The number of nitrogens with one attached hydrogen (secondary N) is 3. The van der Waals surface area contributed by atoms with Crippen molar-refractivity contribution in [2.45, 2.75) is 13.0 Å². The van der Waals surface area contributed by atoms with Crippen molar-refractivity contribution in [1.82, 2.24) is 24.9 Å². The summed E-state index contributed by atoms with van der Waals surface area (Å²) in [6, 6.07) is 5.11. The number of halogens is 1. The second-order valence-corrected chi connectivity index (χ2v) is 6.17. The molecule has 0 fully saturated rings. The summed E-state index contributed by atoms with van der Waals surface area (Å²) in [5, 5.41) is 3.67. The van der Waals surface area contributed by atoms with Crippen LogP contribution in [-0.2, 0) is 13.0 Å². The third-order valence-electron chi connectivity index (χ3n) is 4.32. The number of hydrogen-bond acceptors (Lipinski definition) is 6. The van der Waals surface area contributed by atoms with E-state index in [4.69, 9.17) is 4.74 Å². The Morgan fingerprint density at radius 3 is 2.82 bits per heavy atom. The molecule has 0 unspecified atom stereocenters. The minimum atomic E-state index is -0.427. The Kier molecular flexibility index (Phi) is 4.71. The van der Waals surface area contributed by atoms with Crippen molar-refractivity contribution in [2.75, 3.05) is 12.4 Å². The molecule has 0 aliphatic heterocycles. The third-order valence-corrected chi connectivity index (χ3v) is 4.32. The van der Waals surface area contributed by atoms with E-state index in [1.165, 1.54) is 19.5 Å². The van der Waals surface area contributed by atoms with Gasteiger partial charge < -0.3 is 20.0 Å². The lowest BCUT2D eigenvalue weighted by molar-refractivity contribution is 0.391. The van der Waals surface area contributed by atoms with Crippen molar-refractivity contribution >= 4 is 16.9 Å². The number of fused-ring (bicyclic) bond motifs is 1. The molecule has 8 nitrogen and oxygen atoms in total. The van der Waals surface area contributed by atoms with Gasteiger partial charge in [0.2, 0.25) is 5.88 Å². The van der Waals surface area contributed by atoms with Crippen molar-refractivity contribution in [2.24, 2.45) is 0 Å². The molecule has 0 spiro atoms. The van der Waals surface area contributed by atoms with Crippen LogP contribution in [0.1, 0.15) is 16.7 Å². The molecule has 4 rings (SSSR count). The van der Waals surface area contributed by atoms with Gasteiger partial charge in [0.25, 0.3) is 5.56 Å². The van der Waals surface area contributed by atoms with Gasteiger partial charge in [-0.25, -0.2) is 19.3 Å². The fourth-order valence-electron chi connectivity index (χ4n) is 2.99. The van der Waals surface area contributed by atoms with Crippen molar-refractivity contribution in [3.8, 4) is 5.88 Å². The second-order valence-electron chi connectivity index (χ2n) is 6.17. The Labute approximate surface area is 158 Å². The standard InChI is InChI=1S/C19H17FN6O2/c1-28-19-13(5-14(20)9-24-19)8-22-15-3-2-11(6-21-15)4-12-7-23-17-16(12)18(27)26-10-25-17/h2-3,5-7,9-10H,4,8H2,1H3,(H,21,22)(H2,23,25,26,27). The highest BCUT2D eigenvalue weighted by molar-refractivity contribution is 5.78. The predicted molar refractivity (Wildman–Crippen MR) is 102 cm³/mol. The second kappa shape index (κ2) is 7.47.